The molecule has 29 heavy (non-hydrogen) atoms. The van der Waals surface area contributed by atoms with Crippen LogP contribution in [0.3, 0.4) is 0 Å². The van der Waals surface area contributed by atoms with E-state index in [2.05, 4.69) is 46.3 Å². The Morgan fingerprint density at radius 3 is 2.41 bits per heavy atom. The van der Waals surface area contributed by atoms with E-state index in [9.17, 15) is 5.11 Å². The Bertz CT molecular complexity index is 666. The third kappa shape index (κ3) is 5.37. The SMILES string of the molecule is CCNC(=NCc1ccc(N2CCC(CO)CC2)cc1)N1CCC2(CCC2)C1.I. The van der Waals surface area contributed by atoms with Gasteiger partial charge < -0.3 is 20.2 Å². The molecule has 0 unspecified atom stereocenters. The molecule has 2 saturated heterocycles. The zero-order valence-electron chi connectivity index (χ0n) is 17.8. The van der Waals surface area contributed by atoms with Crippen molar-refractivity contribution in [3.05, 3.63) is 29.8 Å². The van der Waals surface area contributed by atoms with Crippen LogP contribution in [0.2, 0.25) is 0 Å². The molecule has 0 aromatic heterocycles. The van der Waals surface area contributed by atoms with Gasteiger partial charge in [0.05, 0.1) is 6.54 Å². The van der Waals surface area contributed by atoms with Crippen LogP contribution >= 0.6 is 24.0 Å². The van der Waals surface area contributed by atoms with Crippen molar-refractivity contribution in [1.29, 1.82) is 0 Å². The van der Waals surface area contributed by atoms with E-state index < -0.39 is 0 Å². The van der Waals surface area contributed by atoms with Gasteiger partial charge in [-0.3, -0.25) is 0 Å². The Morgan fingerprint density at radius 2 is 1.86 bits per heavy atom. The summed E-state index contributed by atoms with van der Waals surface area (Å²) in [5.41, 5.74) is 3.16. The number of aliphatic imine (C=N–C) groups is 1. The van der Waals surface area contributed by atoms with E-state index in [1.807, 2.05) is 0 Å². The number of nitrogens with one attached hydrogen (secondary N) is 1. The molecule has 1 aliphatic carbocycles. The van der Waals surface area contributed by atoms with Crippen LogP contribution in [0.25, 0.3) is 0 Å². The van der Waals surface area contributed by atoms with Crippen molar-refractivity contribution >= 4 is 35.6 Å². The molecule has 5 nitrogen and oxygen atoms in total. The van der Waals surface area contributed by atoms with E-state index in [4.69, 9.17) is 4.99 Å². The van der Waals surface area contributed by atoms with Gasteiger partial charge in [-0.2, -0.15) is 0 Å². The first kappa shape index (κ1) is 22.7. The number of hydrogen-bond acceptors (Lipinski definition) is 3. The summed E-state index contributed by atoms with van der Waals surface area (Å²) in [6.45, 7) is 8.56. The Balaban J connectivity index is 0.00000240. The molecule has 6 heteroatoms. The van der Waals surface area contributed by atoms with Gasteiger partial charge in [0.2, 0.25) is 0 Å². The van der Waals surface area contributed by atoms with Crippen molar-refractivity contribution in [3.8, 4) is 0 Å². The van der Waals surface area contributed by atoms with Crippen LogP contribution in [0.5, 0.6) is 0 Å². The zero-order valence-corrected chi connectivity index (χ0v) is 20.1. The number of nitrogens with zero attached hydrogens (tertiary/aromatic N) is 3. The number of rotatable bonds is 5. The van der Waals surface area contributed by atoms with Gasteiger partial charge in [0.25, 0.3) is 0 Å². The fourth-order valence-corrected chi connectivity index (χ4v) is 4.98. The van der Waals surface area contributed by atoms with Gasteiger partial charge in [0.1, 0.15) is 0 Å². The normalized spacial score (nSPS) is 21.8. The molecule has 0 atom stereocenters. The van der Waals surface area contributed by atoms with Crippen LogP contribution in [-0.2, 0) is 6.54 Å². The zero-order chi connectivity index (χ0) is 19.4. The van der Waals surface area contributed by atoms with E-state index >= 15 is 0 Å². The van der Waals surface area contributed by atoms with E-state index in [1.54, 1.807) is 0 Å². The Morgan fingerprint density at radius 1 is 1.14 bits per heavy atom. The summed E-state index contributed by atoms with van der Waals surface area (Å²) < 4.78 is 0. The first-order chi connectivity index (χ1) is 13.7. The van der Waals surface area contributed by atoms with Gasteiger partial charge >= 0.3 is 0 Å². The maximum Gasteiger partial charge on any atom is 0.194 e. The van der Waals surface area contributed by atoms with Gasteiger partial charge in [0, 0.05) is 45.0 Å². The highest BCUT2D eigenvalue weighted by molar-refractivity contribution is 14.0. The minimum absolute atomic E-state index is 0. The molecule has 4 rings (SSSR count). The molecule has 1 aromatic carbocycles. The van der Waals surface area contributed by atoms with Crippen LogP contribution in [0.15, 0.2) is 29.3 Å². The molecule has 162 valence electrons. The smallest absolute Gasteiger partial charge is 0.194 e. The third-order valence-electron chi connectivity index (χ3n) is 7.07. The molecule has 1 spiro atoms. The molecule has 3 aliphatic rings. The summed E-state index contributed by atoms with van der Waals surface area (Å²) in [6, 6.07) is 8.91. The molecule has 1 aromatic rings. The second kappa shape index (κ2) is 10.3. The lowest BCUT2D eigenvalue weighted by Crippen LogP contribution is -2.42. The highest BCUT2D eigenvalue weighted by Crippen LogP contribution is 2.47. The van der Waals surface area contributed by atoms with Crippen molar-refractivity contribution < 1.29 is 5.11 Å². The highest BCUT2D eigenvalue weighted by atomic mass is 127. The lowest BCUT2D eigenvalue weighted by atomic mass is 9.68. The quantitative estimate of drug-likeness (QED) is 0.358. The molecular formula is C23H37IN4O. The Labute approximate surface area is 193 Å². The summed E-state index contributed by atoms with van der Waals surface area (Å²) in [5, 5.41) is 12.8. The summed E-state index contributed by atoms with van der Waals surface area (Å²) in [7, 11) is 0. The molecule has 1 saturated carbocycles. The van der Waals surface area contributed by atoms with Gasteiger partial charge in [0.15, 0.2) is 5.96 Å². The molecule has 0 bridgehead atoms. The average Bonchev–Trinajstić information content (AvgIpc) is 3.18. The van der Waals surface area contributed by atoms with E-state index in [0.717, 1.165) is 51.5 Å². The van der Waals surface area contributed by atoms with E-state index in [1.165, 1.54) is 43.5 Å². The van der Waals surface area contributed by atoms with Crippen molar-refractivity contribution in [3.63, 3.8) is 0 Å². The Kier molecular flexibility index (Phi) is 8.07. The maximum atomic E-state index is 9.31. The second-order valence-electron chi connectivity index (χ2n) is 8.97. The predicted octanol–water partition coefficient (Wildman–Crippen LogP) is 3.85. The summed E-state index contributed by atoms with van der Waals surface area (Å²) >= 11 is 0. The molecule has 0 radical (unpaired) electrons. The maximum absolute atomic E-state index is 9.31. The van der Waals surface area contributed by atoms with E-state index in [0.29, 0.717) is 17.9 Å². The van der Waals surface area contributed by atoms with E-state index in [-0.39, 0.29) is 24.0 Å². The van der Waals surface area contributed by atoms with Gasteiger partial charge in [-0.1, -0.05) is 18.6 Å². The number of hydrogen-bond donors (Lipinski definition) is 2. The number of piperidine rings is 1. The highest BCUT2D eigenvalue weighted by Gasteiger charge is 2.43. The van der Waals surface area contributed by atoms with Crippen LogP contribution in [0.1, 0.15) is 51.0 Å². The predicted molar refractivity (Wildman–Crippen MR) is 131 cm³/mol. The molecule has 3 fully saturated rings. The van der Waals surface area contributed by atoms with Crippen LogP contribution < -0.4 is 10.2 Å². The summed E-state index contributed by atoms with van der Waals surface area (Å²) in [5.74, 6) is 1.57. The van der Waals surface area contributed by atoms with Gasteiger partial charge in [-0.25, -0.2) is 4.99 Å². The number of halogens is 1. The minimum atomic E-state index is 0. The number of guanidine groups is 1. The van der Waals surface area contributed by atoms with Crippen LogP contribution in [-0.4, -0.2) is 55.3 Å². The lowest BCUT2D eigenvalue weighted by molar-refractivity contribution is 0.151. The lowest BCUT2D eigenvalue weighted by Gasteiger charge is -2.38. The first-order valence-corrected chi connectivity index (χ1v) is 11.2. The number of aliphatic hydroxyl groups excluding tert-OH is 1. The fourth-order valence-electron chi connectivity index (χ4n) is 4.98. The number of aliphatic hydroxyl groups is 1. The molecule has 2 N–H and O–H groups in total. The first-order valence-electron chi connectivity index (χ1n) is 11.2. The molecule has 0 amide bonds. The average molecular weight is 512 g/mol. The number of anilines is 1. The number of likely N-dealkylation sites (tertiary alicyclic amines) is 1. The standard InChI is InChI=1S/C23H36N4O.HI/c1-2-24-22(27-15-12-23(18-27)10-3-11-23)25-16-19-4-6-21(7-5-19)26-13-8-20(17-28)9-14-26;/h4-7,20,28H,2-3,8-18H2,1H3,(H,24,25);1H. The van der Waals surface area contributed by atoms with Crippen molar-refractivity contribution in [2.24, 2.45) is 16.3 Å². The van der Waals surface area contributed by atoms with Crippen LogP contribution in [0, 0.1) is 11.3 Å². The van der Waals surface area contributed by atoms with Gasteiger partial charge in [-0.15, -0.1) is 24.0 Å². The minimum Gasteiger partial charge on any atom is -0.396 e. The largest absolute Gasteiger partial charge is 0.396 e. The number of benzene rings is 1. The van der Waals surface area contributed by atoms with Crippen molar-refractivity contribution in [2.75, 3.05) is 44.2 Å². The fraction of sp³-hybridized carbons (Fsp3) is 0.696. The second-order valence-corrected chi connectivity index (χ2v) is 8.97. The Hall–Kier alpha value is -1.02. The van der Waals surface area contributed by atoms with Gasteiger partial charge in [-0.05, 0) is 68.1 Å². The molecule has 2 aliphatic heterocycles. The monoisotopic (exact) mass is 512 g/mol. The van der Waals surface area contributed by atoms with Crippen molar-refractivity contribution in [1.82, 2.24) is 10.2 Å². The van der Waals surface area contributed by atoms with Crippen molar-refractivity contribution in [2.45, 2.75) is 52.0 Å². The molecular weight excluding hydrogens is 475 g/mol. The third-order valence-corrected chi connectivity index (χ3v) is 7.07. The summed E-state index contributed by atoms with van der Waals surface area (Å²) in [6.07, 6.45) is 7.72. The topological polar surface area (TPSA) is 51.1 Å². The van der Waals surface area contributed by atoms with Crippen LogP contribution in [0.4, 0.5) is 5.69 Å². The molecule has 2 heterocycles. The summed E-state index contributed by atoms with van der Waals surface area (Å²) in [4.78, 5) is 9.85.